The lowest BCUT2D eigenvalue weighted by Crippen LogP contribution is -1.98. The molecule has 0 bridgehead atoms. The van der Waals surface area contributed by atoms with Crippen LogP contribution in [0.25, 0.3) is 11.1 Å². The van der Waals surface area contributed by atoms with Gasteiger partial charge in [0.1, 0.15) is 10.5 Å². The molecule has 3 aromatic rings. The van der Waals surface area contributed by atoms with E-state index in [9.17, 15) is 0 Å². The summed E-state index contributed by atoms with van der Waals surface area (Å²) in [7, 11) is 0. The number of aromatic nitrogens is 2. The number of para-hydroxylation sites is 1. The fourth-order valence-electron chi connectivity index (χ4n) is 1.68. The lowest BCUT2D eigenvalue weighted by Gasteiger charge is -1.96. The molecule has 0 radical (unpaired) electrons. The average molecular weight is 260 g/mol. The fraction of sp³-hybridized carbons (Fsp3) is 0.167. The highest BCUT2D eigenvalue weighted by atomic mass is 32.1. The van der Waals surface area contributed by atoms with Crippen LogP contribution in [0.2, 0.25) is 0 Å². The molecule has 0 aliphatic carbocycles. The molecule has 0 aliphatic rings. The molecule has 18 heavy (non-hydrogen) atoms. The number of thiazole rings is 1. The summed E-state index contributed by atoms with van der Waals surface area (Å²) < 4.78 is 5.55. The number of benzene rings is 1. The maximum absolute atomic E-state index is 5.82. The summed E-state index contributed by atoms with van der Waals surface area (Å²) in [6, 6.07) is 5.96. The summed E-state index contributed by atoms with van der Waals surface area (Å²) in [6.07, 6.45) is 1.85. The molecular weight excluding hydrogens is 248 g/mol. The third-order valence-corrected chi connectivity index (χ3v) is 3.42. The van der Waals surface area contributed by atoms with Crippen molar-refractivity contribution in [1.29, 1.82) is 0 Å². The van der Waals surface area contributed by atoms with E-state index >= 15 is 0 Å². The Bertz CT molecular complexity index is 688. The second-order valence-corrected chi connectivity index (χ2v) is 5.25. The zero-order chi connectivity index (χ0) is 12.5. The number of nitrogens with zero attached hydrogens (tertiary/aromatic N) is 2. The summed E-state index contributed by atoms with van der Waals surface area (Å²) in [6.45, 7) is 2.63. The van der Waals surface area contributed by atoms with Crippen LogP contribution in [0, 0.1) is 6.92 Å². The number of aryl methyl sites for hydroxylation is 1. The Balaban J connectivity index is 1.81. The van der Waals surface area contributed by atoms with Crippen LogP contribution >= 0.6 is 11.3 Å². The van der Waals surface area contributed by atoms with Gasteiger partial charge in [0, 0.05) is 11.1 Å². The Labute approximate surface area is 108 Å². The van der Waals surface area contributed by atoms with Crippen molar-refractivity contribution in [3.8, 4) is 0 Å². The first-order valence-corrected chi connectivity index (χ1v) is 6.34. The third kappa shape index (κ3) is 2.02. The first-order valence-electron chi connectivity index (χ1n) is 5.52. The molecule has 3 N–H and O–H groups in total. The van der Waals surface area contributed by atoms with Crippen molar-refractivity contribution in [2.75, 3.05) is 11.1 Å². The second-order valence-electron chi connectivity index (χ2n) is 3.93. The molecule has 2 heterocycles. The predicted octanol–water partition coefficient (Wildman–Crippen LogP) is 2.79. The molecule has 0 aliphatic heterocycles. The lowest BCUT2D eigenvalue weighted by molar-refractivity contribution is 0.614. The van der Waals surface area contributed by atoms with Crippen LogP contribution in [0.3, 0.4) is 0 Å². The average Bonchev–Trinajstić information content (AvgIpc) is 2.93. The van der Waals surface area contributed by atoms with E-state index in [1.165, 1.54) is 4.88 Å². The molecule has 2 aromatic heterocycles. The van der Waals surface area contributed by atoms with E-state index in [4.69, 9.17) is 10.2 Å². The largest absolute Gasteiger partial charge is 0.423 e. The van der Waals surface area contributed by atoms with E-state index in [0.29, 0.717) is 29.3 Å². The van der Waals surface area contributed by atoms with Gasteiger partial charge >= 0.3 is 0 Å². The van der Waals surface area contributed by atoms with E-state index < -0.39 is 0 Å². The minimum atomic E-state index is 0.468. The molecule has 0 amide bonds. The van der Waals surface area contributed by atoms with Gasteiger partial charge in [0.2, 0.25) is 0 Å². The molecule has 3 rings (SSSR count). The van der Waals surface area contributed by atoms with Gasteiger partial charge in [0.05, 0.1) is 12.2 Å². The molecule has 0 spiro atoms. The van der Waals surface area contributed by atoms with Gasteiger partial charge in [-0.2, -0.15) is 4.98 Å². The van der Waals surface area contributed by atoms with Gasteiger partial charge < -0.3 is 15.5 Å². The summed E-state index contributed by atoms with van der Waals surface area (Å²) in [5.41, 5.74) is 7.82. The van der Waals surface area contributed by atoms with Gasteiger partial charge in [0.25, 0.3) is 6.01 Å². The number of oxazole rings is 1. The lowest BCUT2D eigenvalue weighted by atomic mass is 10.3. The monoisotopic (exact) mass is 260 g/mol. The van der Waals surface area contributed by atoms with Crippen LogP contribution in [0.15, 0.2) is 28.8 Å². The van der Waals surface area contributed by atoms with Crippen LogP contribution in [-0.4, -0.2) is 9.97 Å². The maximum atomic E-state index is 5.82. The number of hydrogen-bond donors (Lipinski definition) is 2. The van der Waals surface area contributed by atoms with E-state index in [0.717, 1.165) is 5.01 Å². The predicted molar refractivity (Wildman–Crippen MR) is 72.6 cm³/mol. The Morgan fingerprint density at radius 1 is 1.44 bits per heavy atom. The minimum absolute atomic E-state index is 0.468. The fourth-order valence-corrected chi connectivity index (χ4v) is 2.41. The zero-order valence-electron chi connectivity index (χ0n) is 9.80. The van der Waals surface area contributed by atoms with Gasteiger partial charge in [-0.15, -0.1) is 11.3 Å². The molecule has 0 fully saturated rings. The highest BCUT2D eigenvalue weighted by Crippen LogP contribution is 2.24. The molecule has 0 unspecified atom stereocenters. The number of nitrogen functional groups attached to an aromatic ring is 1. The number of anilines is 2. The number of nitrogens with two attached hydrogens (primary N) is 1. The van der Waals surface area contributed by atoms with Crippen LogP contribution in [0.1, 0.15) is 9.88 Å². The molecule has 6 heteroatoms. The van der Waals surface area contributed by atoms with Crippen molar-refractivity contribution in [3.63, 3.8) is 0 Å². The molecule has 0 atom stereocenters. The standard InChI is InChI=1S/C12H12N4OS/c1-7-5-14-10(18-7)6-15-12-16-11-8(13)3-2-4-9(11)17-12/h2-5H,6,13H2,1H3,(H,15,16). The molecule has 5 nitrogen and oxygen atoms in total. The van der Waals surface area contributed by atoms with Crippen molar-refractivity contribution in [2.24, 2.45) is 0 Å². The third-order valence-electron chi connectivity index (χ3n) is 2.51. The number of nitrogens with one attached hydrogen (secondary N) is 1. The van der Waals surface area contributed by atoms with E-state index in [-0.39, 0.29) is 0 Å². The topological polar surface area (TPSA) is 77.0 Å². The van der Waals surface area contributed by atoms with Crippen LogP contribution in [0.5, 0.6) is 0 Å². The molecule has 92 valence electrons. The normalized spacial score (nSPS) is 10.9. The van der Waals surface area contributed by atoms with Gasteiger partial charge in [0.15, 0.2) is 5.58 Å². The SMILES string of the molecule is Cc1cnc(CNc2nc3c(N)cccc3o2)s1. The highest BCUT2D eigenvalue weighted by Gasteiger charge is 2.08. The number of hydrogen-bond acceptors (Lipinski definition) is 6. The van der Waals surface area contributed by atoms with E-state index in [1.807, 2.05) is 25.3 Å². The first-order chi connectivity index (χ1) is 8.72. The smallest absolute Gasteiger partial charge is 0.296 e. The molecule has 0 saturated heterocycles. The molecule has 0 saturated carbocycles. The van der Waals surface area contributed by atoms with Crippen LogP contribution in [0.4, 0.5) is 11.7 Å². The summed E-state index contributed by atoms with van der Waals surface area (Å²) in [4.78, 5) is 9.76. The van der Waals surface area contributed by atoms with Crippen LogP contribution in [-0.2, 0) is 6.54 Å². The summed E-state index contributed by atoms with van der Waals surface area (Å²) in [5, 5.41) is 4.11. The Morgan fingerprint density at radius 3 is 3.06 bits per heavy atom. The van der Waals surface area contributed by atoms with Gasteiger partial charge in [-0.25, -0.2) is 4.98 Å². The quantitative estimate of drug-likeness (QED) is 0.708. The second kappa shape index (κ2) is 4.30. The van der Waals surface area contributed by atoms with Crippen molar-refractivity contribution < 1.29 is 4.42 Å². The highest BCUT2D eigenvalue weighted by molar-refractivity contribution is 7.11. The van der Waals surface area contributed by atoms with Gasteiger partial charge in [-0.3, -0.25) is 0 Å². The van der Waals surface area contributed by atoms with Crippen LogP contribution < -0.4 is 11.1 Å². The molecule has 1 aromatic carbocycles. The van der Waals surface area contributed by atoms with Crippen molar-refractivity contribution in [1.82, 2.24) is 9.97 Å². The first kappa shape index (κ1) is 11.0. The Hall–Kier alpha value is -2.08. The Kier molecular flexibility index (Phi) is 2.64. The molecular formula is C12H12N4OS. The van der Waals surface area contributed by atoms with E-state index in [2.05, 4.69) is 15.3 Å². The van der Waals surface area contributed by atoms with Crippen molar-refractivity contribution >= 4 is 34.1 Å². The zero-order valence-corrected chi connectivity index (χ0v) is 10.6. The minimum Gasteiger partial charge on any atom is -0.423 e. The van der Waals surface area contributed by atoms with Crippen molar-refractivity contribution in [3.05, 3.63) is 34.3 Å². The maximum Gasteiger partial charge on any atom is 0.296 e. The van der Waals surface area contributed by atoms with Gasteiger partial charge in [-0.05, 0) is 19.1 Å². The summed E-state index contributed by atoms with van der Waals surface area (Å²) in [5.74, 6) is 0. The van der Waals surface area contributed by atoms with E-state index in [1.54, 1.807) is 17.4 Å². The van der Waals surface area contributed by atoms with Gasteiger partial charge in [-0.1, -0.05) is 6.07 Å². The summed E-state index contributed by atoms with van der Waals surface area (Å²) >= 11 is 1.65. The number of fused-ring (bicyclic) bond motifs is 1. The Morgan fingerprint density at radius 2 is 2.33 bits per heavy atom. The van der Waals surface area contributed by atoms with Crippen molar-refractivity contribution in [2.45, 2.75) is 13.5 Å². The number of rotatable bonds is 3.